The molecule has 0 aliphatic carbocycles. The summed E-state index contributed by atoms with van der Waals surface area (Å²) in [4.78, 5) is 11.5. The number of amides is 1. The first kappa shape index (κ1) is 13.6. The molecule has 0 fully saturated rings. The van der Waals surface area contributed by atoms with Crippen LogP contribution < -0.4 is 10.6 Å². The van der Waals surface area contributed by atoms with E-state index in [9.17, 15) is 13.6 Å². The average Bonchev–Trinajstić information content (AvgIpc) is 2.24. The standard InChI is InChI=1S/C12H16F2N2O/c1-8(2)15-6-7-16-12(17)11-9(13)4-3-5-10(11)14/h3-5,8,15H,6-7H2,1-2H3,(H,16,17). The predicted molar refractivity (Wildman–Crippen MR) is 61.8 cm³/mol. The molecule has 0 saturated carbocycles. The fraction of sp³-hybridized carbons (Fsp3) is 0.417. The summed E-state index contributed by atoms with van der Waals surface area (Å²) in [6, 6.07) is 3.65. The third-order valence-corrected chi connectivity index (χ3v) is 2.15. The fourth-order valence-electron chi connectivity index (χ4n) is 1.34. The van der Waals surface area contributed by atoms with E-state index in [1.165, 1.54) is 6.07 Å². The normalized spacial score (nSPS) is 10.6. The molecule has 0 bridgehead atoms. The van der Waals surface area contributed by atoms with Crippen LogP contribution in [0.3, 0.4) is 0 Å². The summed E-state index contributed by atoms with van der Waals surface area (Å²) in [6.45, 7) is 4.82. The number of hydrogen-bond acceptors (Lipinski definition) is 2. The van der Waals surface area contributed by atoms with Crippen molar-refractivity contribution < 1.29 is 13.6 Å². The maximum Gasteiger partial charge on any atom is 0.257 e. The van der Waals surface area contributed by atoms with Crippen molar-refractivity contribution in [1.29, 1.82) is 0 Å². The molecule has 5 heteroatoms. The van der Waals surface area contributed by atoms with E-state index in [4.69, 9.17) is 0 Å². The lowest BCUT2D eigenvalue weighted by Gasteiger charge is -2.09. The second kappa shape index (κ2) is 6.30. The van der Waals surface area contributed by atoms with E-state index in [1.54, 1.807) is 0 Å². The van der Waals surface area contributed by atoms with Crippen molar-refractivity contribution in [3.8, 4) is 0 Å². The van der Waals surface area contributed by atoms with E-state index in [0.29, 0.717) is 19.1 Å². The van der Waals surface area contributed by atoms with Gasteiger partial charge in [0.05, 0.1) is 0 Å². The van der Waals surface area contributed by atoms with Gasteiger partial charge in [-0.1, -0.05) is 19.9 Å². The highest BCUT2D eigenvalue weighted by Gasteiger charge is 2.15. The van der Waals surface area contributed by atoms with E-state index in [0.717, 1.165) is 12.1 Å². The minimum atomic E-state index is -0.848. The number of rotatable bonds is 5. The van der Waals surface area contributed by atoms with Gasteiger partial charge in [-0.25, -0.2) is 8.78 Å². The highest BCUT2D eigenvalue weighted by molar-refractivity contribution is 5.94. The highest BCUT2D eigenvalue weighted by atomic mass is 19.1. The minimum Gasteiger partial charge on any atom is -0.351 e. The van der Waals surface area contributed by atoms with Crippen molar-refractivity contribution in [3.63, 3.8) is 0 Å². The zero-order chi connectivity index (χ0) is 12.8. The van der Waals surface area contributed by atoms with E-state index in [-0.39, 0.29) is 0 Å². The van der Waals surface area contributed by atoms with Gasteiger partial charge in [-0.05, 0) is 12.1 Å². The molecule has 17 heavy (non-hydrogen) atoms. The average molecular weight is 242 g/mol. The van der Waals surface area contributed by atoms with Crippen LogP contribution in [0.2, 0.25) is 0 Å². The first-order valence-corrected chi connectivity index (χ1v) is 5.48. The Morgan fingerprint density at radius 1 is 1.24 bits per heavy atom. The Balaban J connectivity index is 2.53. The van der Waals surface area contributed by atoms with Crippen LogP contribution in [0.25, 0.3) is 0 Å². The van der Waals surface area contributed by atoms with E-state index in [2.05, 4.69) is 10.6 Å². The molecule has 0 aliphatic rings. The highest BCUT2D eigenvalue weighted by Crippen LogP contribution is 2.11. The predicted octanol–water partition coefficient (Wildman–Crippen LogP) is 1.69. The van der Waals surface area contributed by atoms with Gasteiger partial charge in [-0.3, -0.25) is 4.79 Å². The lowest BCUT2D eigenvalue weighted by atomic mass is 10.2. The Morgan fingerprint density at radius 2 is 1.82 bits per heavy atom. The van der Waals surface area contributed by atoms with Crippen molar-refractivity contribution >= 4 is 5.91 Å². The van der Waals surface area contributed by atoms with Crippen molar-refractivity contribution in [2.45, 2.75) is 19.9 Å². The summed E-state index contributed by atoms with van der Waals surface area (Å²) < 4.78 is 26.4. The van der Waals surface area contributed by atoms with Crippen LogP contribution in [0.4, 0.5) is 8.78 Å². The van der Waals surface area contributed by atoms with Crippen molar-refractivity contribution in [2.75, 3.05) is 13.1 Å². The van der Waals surface area contributed by atoms with Crippen molar-refractivity contribution in [1.82, 2.24) is 10.6 Å². The van der Waals surface area contributed by atoms with Crippen LogP contribution >= 0.6 is 0 Å². The number of hydrogen-bond donors (Lipinski definition) is 2. The van der Waals surface area contributed by atoms with Crippen molar-refractivity contribution in [2.24, 2.45) is 0 Å². The molecule has 0 aromatic heterocycles. The van der Waals surface area contributed by atoms with Crippen LogP contribution in [0, 0.1) is 11.6 Å². The van der Waals surface area contributed by atoms with E-state index >= 15 is 0 Å². The molecule has 1 aromatic rings. The van der Waals surface area contributed by atoms with Gasteiger partial charge in [-0.2, -0.15) is 0 Å². The Bertz CT molecular complexity index is 374. The minimum absolute atomic E-state index is 0.303. The van der Waals surface area contributed by atoms with Crippen LogP contribution in [0.1, 0.15) is 24.2 Å². The van der Waals surface area contributed by atoms with Gasteiger partial charge in [0.15, 0.2) is 0 Å². The third-order valence-electron chi connectivity index (χ3n) is 2.15. The molecule has 0 radical (unpaired) electrons. The zero-order valence-corrected chi connectivity index (χ0v) is 9.89. The summed E-state index contributed by atoms with van der Waals surface area (Å²) in [7, 11) is 0. The van der Waals surface area contributed by atoms with Crippen LogP contribution in [0.5, 0.6) is 0 Å². The Hall–Kier alpha value is -1.49. The topological polar surface area (TPSA) is 41.1 Å². The largest absolute Gasteiger partial charge is 0.351 e. The van der Waals surface area contributed by atoms with Crippen LogP contribution in [-0.2, 0) is 0 Å². The Kier molecular flexibility index (Phi) is 5.03. The van der Waals surface area contributed by atoms with Gasteiger partial charge in [-0.15, -0.1) is 0 Å². The monoisotopic (exact) mass is 242 g/mol. The van der Waals surface area contributed by atoms with Gasteiger partial charge in [0.25, 0.3) is 5.91 Å². The second-order valence-electron chi connectivity index (χ2n) is 3.96. The molecule has 0 unspecified atom stereocenters. The fourth-order valence-corrected chi connectivity index (χ4v) is 1.34. The van der Waals surface area contributed by atoms with Crippen LogP contribution in [0.15, 0.2) is 18.2 Å². The quantitative estimate of drug-likeness (QED) is 0.771. The third kappa shape index (κ3) is 4.11. The lowest BCUT2D eigenvalue weighted by Crippen LogP contribution is -2.35. The molecule has 1 rings (SSSR count). The number of halogens is 2. The smallest absolute Gasteiger partial charge is 0.257 e. The summed E-state index contributed by atoms with van der Waals surface area (Å²) in [5.74, 6) is -2.43. The molecule has 2 N–H and O–H groups in total. The summed E-state index contributed by atoms with van der Waals surface area (Å²) in [6.07, 6.45) is 0. The Morgan fingerprint density at radius 3 is 2.35 bits per heavy atom. The molecule has 94 valence electrons. The molecular formula is C12H16F2N2O. The maximum absolute atomic E-state index is 13.2. The van der Waals surface area contributed by atoms with Crippen molar-refractivity contribution in [3.05, 3.63) is 35.4 Å². The first-order chi connectivity index (χ1) is 8.02. The Labute approximate surface area is 99.2 Å². The molecule has 0 saturated heterocycles. The molecule has 3 nitrogen and oxygen atoms in total. The lowest BCUT2D eigenvalue weighted by molar-refractivity contribution is 0.0945. The molecule has 0 spiro atoms. The number of carbonyl (C=O) groups is 1. The van der Waals surface area contributed by atoms with Gasteiger partial charge in [0, 0.05) is 19.1 Å². The molecule has 0 heterocycles. The van der Waals surface area contributed by atoms with Gasteiger partial charge < -0.3 is 10.6 Å². The molecule has 0 atom stereocenters. The number of benzene rings is 1. The maximum atomic E-state index is 13.2. The SMILES string of the molecule is CC(C)NCCNC(=O)c1c(F)cccc1F. The molecule has 1 amide bonds. The molecular weight excluding hydrogens is 226 g/mol. The van der Waals surface area contributed by atoms with Gasteiger partial charge >= 0.3 is 0 Å². The van der Waals surface area contributed by atoms with Crippen LogP contribution in [-0.4, -0.2) is 25.0 Å². The zero-order valence-electron chi connectivity index (χ0n) is 9.89. The second-order valence-corrected chi connectivity index (χ2v) is 3.96. The number of carbonyl (C=O) groups excluding carboxylic acids is 1. The first-order valence-electron chi connectivity index (χ1n) is 5.48. The van der Waals surface area contributed by atoms with E-state index in [1.807, 2.05) is 13.8 Å². The molecule has 1 aromatic carbocycles. The van der Waals surface area contributed by atoms with Gasteiger partial charge in [0.2, 0.25) is 0 Å². The van der Waals surface area contributed by atoms with Gasteiger partial charge in [0.1, 0.15) is 17.2 Å². The summed E-state index contributed by atoms with van der Waals surface area (Å²) in [5.41, 5.74) is -0.531. The number of nitrogens with one attached hydrogen (secondary N) is 2. The van der Waals surface area contributed by atoms with E-state index < -0.39 is 23.1 Å². The summed E-state index contributed by atoms with van der Waals surface area (Å²) in [5, 5.41) is 5.53. The summed E-state index contributed by atoms with van der Waals surface area (Å²) >= 11 is 0. The molecule has 0 aliphatic heterocycles.